The van der Waals surface area contributed by atoms with Gasteiger partial charge in [0, 0.05) is 12.2 Å². The molecule has 1 rings (SSSR count). The lowest BCUT2D eigenvalue weighted by molar-refractivity contribution is 0.587. The Morgan fingerprint density at radius 1 is 1.42 bits per heavy atom. The van der Waals surface area contributed by atoms with Crippen LogP contribution in [0.5, 0.6) is 0 Å². The van der Waals surface area contributed by atoms with Gasteiger partial charge in [0.05, 0.1) is 6.20 Å². The quantitative estimate of drug-likeness (QED) is 0.729. The monoisotopic (exact) mass is 168 g/mol. The van der Waals surface area contributed by atoms with Crippen molar-refractivity contribution in [3.05, 3.63) is 29.8 Å². The van der Waals surface area contributed by atoms with Crippen LogP contribution in [0.4, 0.5) is 4.39 Å². The third-order valence-electron chi connectivity index (χ3n) is 2.04. The fourth-order valence-electron chi connectivity index (χ4n) is 0.981. The predicted octanol–water partition coefficient (Wildman–Crippen LogP) is 1.67. The van der Waals surface area contributed by atoms with E-state index in [1.165, 1.54) is 12.3 Å². The molecule has 1 aromatic rings. The first kappa shape index (κ1) is 9.13. The molecule has 2 nitrogen and oxygen atoms in total. The van der Waals surface area contributed by atoms with Gasteiger partial charge < -0.3 is 5.73 Å². The van der Waals surface area contributed by atoms with E-state index in [-0.39, 0.29) is 17.8 Å². The molecule has 66 valence electrons. The van der Waals surface area contributed by atoms with Crippen molar-refractivity contribution in [2.24, 2.45) is 5.73 Å². The van der Waals surface area contributed by atoms with Gasteiger partial charge in [-0.3, -0.25) is 4.98 Å². The molecule has 2 unspecified atom stereocenters. The SMILES string of the molecule is CC(N)C(C)c1cncc(F)c1. The molecular formula is C9H13FN2. The Labute approximate surface area is 71.6 Å². The van der Waals surface area contributed by atoms with E-state index in [0.29, 0.717) is 0 Å². The van der Waals surface area contributed by atoms with Crippen LogP contribution in [-0.4, -0.2) is 11.0 Å². The van der Waals surface area contributed by atoms with Gasteiger partial charge in [-0.2, -0.15) is 0 Å². The molecule has 0 aromatic carbocycles. The highest BCUT2D eigenvalue weighted by Gasteiger charge is 2.10. The van der Waals surface area contributed by atoms with Crippen molar-refractivity contribution in [3.63, 3.8) is 0 Å². The second-order valence-corrected chi connectivity index (χ2v) is 3.08. The Kier molecular flexibility index (Phi) is 2.76. The van der Waals surface area contributed by atoms with E-state index < -0.39 is 0 Å². The minimum Gasteiger partial charge on any atom is -0.327 e. The molecule has 0 aliphatic carbocycles. The third-order valence-corrected chi connectivity index (χ3v) is 2.04. The first-order chi connectivity index (χ1) is 5.61. The fourth-order valence-corrected chi connectivity index (χ4v) is 0.981. The summed E-state index contributed by atoms with van der Waals surface area (Å²) in [6.45, 7) is 3.86. The zero-order chi connectivity index (χ0) is 9.14. The first-order valence-corrected chi connectivity index (χ1v) is 3.97. The summed E-state index contributed by atoms with van der Waals surface area (Å²) < 4.78 is 12.7. The predicted molar refractivity (Wildman–Crippen MR) is 46.3 cm³/mol. The lowest BCUT2D eigenvalue weighted by Crippen LogP contribution is -2.22. The fraction of sp³-hybridized carbons (Fsp3) is 0.444. The number of hydrogen-bond acceptors (Lipinski definition) is 2. The molecular weight excluding hydrogens is 155 g/mol. The topological polar surface area (TPSA) is 38.9 Å². The maximum atomic E-state index is 12.7. The number of nitrogens with two attached hydrogens (primary N) is 1. The molecule has 0 saturated heterocycles. The molecule has 0 fully saturated rings. The molecule has 0 saturated carbocycles. The third kappa shape index (κ3) is 2.01. The molecule has 0 bridgehead atoms. The second kappa shape index (κ2) is 3.63. The van der Waals surface area contributed by atoms with Crippen molar-refractivity contribution in [1.29, 1.82) is 0 Å². The van der Waals surface area contributed by atoms with E-state index in [9.17, 15) is 4.39 Å². The van der Waals surface area contributed by atoms with Gasteiger partial charge in [0.1, 0.15) is 5.82 Å². The summed E-state index contributed by atoms with van der Waals surface area (Å²) in [5.41, 5.74) is 6.52. The number of nitrogens with zero attached hydrogens (tertiary/aromatic N) is 1. The van der Waals surface area contributed by atoms with Crippen LogP contribution in [-0.2, 0) is 0 Å². The van der Waals surface area contributed by atoms with Crippen LogP contribution in [0.3, 0.4) is 0 Å². The summed E-state index contributed by atoms with van der Waals surface area (Å²) in [4.78, 5) is 3.76. The van der Waals surface area contributed by atoms with Crippen molar-refractivity contribution in [2.45, 2.75) is 25.8 Å². The van der Waals surface area contributed by atoms with Gasteiger partial charge in [0.2, 0.25) is 0 Å². The lowest BCUT2D eigenvalue weighted by Gasteiger charge is -2.14. The maximum Gasteiger partial charge on any atom is 0.141 e. The Bertz CT molecular complexity index is 260. The van der Waals surface area contributed by atoms with Crippen molar-refractivity contribution >= 4 is 0 Å². The van der Waals surface area contributed by atoms with Crippen LogP contribution in [0.15, 0.2) is 18.5 Å². The summed E-state index contributed by atoms with van der Waals surface area (Å²) in [5, 5.41) is 0. The first-order valence-electron chi connectivity index (χ1n) is 3.97. The standard InChI is InChI=1S/C9H13FN2/c1-6(7(2)11)8-3-9(10)5-12-4-8/h3-7H,11H2,1-2H3. The van der Waals surface area contributed by atoms with Crippen LogP contribution in [0, 0.1) is 5.82 Å². The average molecular weight is 168 g/mol. The molecule has 12 heavy (non-hydrogen) atoms. The second-order valence-electron chi connectivity index (χ2n) is 3.08. The van der Waals surface area contributed by atoms with Gasteiger partial charge in [-0.1, -0.05) is 6.92 Å². The number of aromatic nitrogens is 1. The molecule has 0 aliphatic rings. The van der Waals surface area contributed by atoms with Crippen LogP contribution < -0.4 is 5.73 Å². The molecule has 1 aromatic heterocycles. The minimum atomic E-state index is -0.306. The molecule has 0 spiro atoms. The molecule has 1 heterocycles. The van der Waals surface area contributed by atoms with Gasteiger partial charge in [-0.25, -0.2) is 4.39 Å². The summed E-state index contributed by atoms with van der Waals surface area (Å²) in [7, 11) is 0. The summed E-state index contributed by atoms with van der Waals surface area (Å²) >= 11 is 0. The van der Waals surface area contributed by atoms with Crippen molar-refractivity contribution in [2.75, 3.05) is 0 Å². The Morgan fingerprint density at radius 3 is 2.58 bits per heavy atom. The lowest BCUT2D eigenvalue weighted by atomic mass is 9.97. The van der Waals surface area contributed by atoms with E-state index in [1.54, 1.807) is 6.20 Å². The molecule has 0 amide bonds. The van der Waals surface area contributed by atoms with Gasteiger partial charge in [0.15, 0.2) is 0 Å². The van der Waals surface area contributed by atoms with Crippen LogP contribution >= 0.6 is 0 Å². The van der Waals surface area contributed by atoms with Gasteiger partial charge in [-0.05, 0) is 24.5 Å². The summed E-state index contributed by atoms with van der Waals surface area (Å²) in [6, 6.07) is 1.50. The molecule has 3 heteroatoms. The van der Waals surface area contributed by atoms with Crippen LogP contribution in [0.2, 0.25) is 0 Å². The number of hydrogen-bond donors (Lipinski definition) is 1. The van der Waals surface area contributed by atoms with E-state index in [2.05, 4.69) is 4.98 Å². The van der Waals surface area contributed by atoms with Gasteiger partial charge in [0.25, 0.3) is 0 Å². The number of pyridine rings is 1. The summed E-state index contributed by atoms with van der Waals surface area (Å²) in [5.74, 6) is -0.159. The molecule has 0 radical (unpaired) electrons. The number of halogens is 1. The van der Waals surface area contributed by atoms with Crippen molar-refractivity contribution in [1.82, 2.24) is 4.98 Å². The molecule has 2 atom stereocenters. The van der Waals surface area contributed by atoms with Crippen molar-refractivity contribution in [3.8, 4) is 0 Å². The van der Waals surface area contributed by atoms with E-state index in [1.807, 2.05) is 13.8 Å². The Hall–Kier alpha value is -0.960. The molecule has 2 N–H and O–H groups in total. The van der Waals surface area contributed by atoms with Gasteiger partial charge in [-0.15, -0.1) is 0 Å². The number of rotatable bonds is 2. The highest BCUT2D eigenvalue weighted by Crippen LogP contribution is 2.16. The highest BCUT2D eigenvalue weighted by molar-refractivity contribution is 5.16. The van der Waals surface area contributed by atoms with Crippen LogP contribution in [0.1, 0.15) is 25.3 Å². The zero-order valence-electron chi connectivity index (χ0n) is 7.29. The maximum absolute atomic E-state index is 12.7. The van der Waals surface area contributed by atoms with Gasteiger partial charge >= 0.3 is 0 Å². The van der Waals surface area contributed by atoms with E-state index >= 15 is 0 Å². The van der Waals surface area contributed by atoms with E-state index in [4.69, 9.17) is 5.73 Å². The largest absolute Gasteiger partial charge is 0.327 e. The Morgan fingerprint density at radius 2 is 2.08 bits per heavy atom. The minimum absolute atomic E-state index is 0.0219. The average Bonchev–Trinajstić information content (AvgIpc) is 2.03. The summed E-state index contributed by atoms with van der Waals surface area (Å²) in [6.07, 6.45) is 2.84. The normalized spacial score (nSPS) is 15.7. The smallest absolute Gasteiger partial charge is 0.141 e. The van der Waals surface area contributed by atoms with E-state index in [0.717, 1.165) is 5.56 Å². The molecule has 0 aliphatic heterocycles. The highest BCUT2D eigenvalue weighted by atomic mass is 19.1. The van der Waals surface area contributed by atoms with Crippen molar-refractivity contribution < 1.29 is 4.39 Å². The zero-order valence-corrected chi connectivity index (χ0v) is 7.29. The Balaban J connectivity index is 2.88. The van der Waals surface area contributed by atoms with Crippen LogP contribution in [0.25, 0.3) is 0 Å².